The van der Waals surface area contributed by atoms with Gasteiger partial charge < -0.3 is 9.47 Å². The molecule has 0 N–H and O–H groups in total. The van der Waals surface area contributed by atoms with Crippen molar-refractivity contribution >= 4 is 9.84 Å². The first-order valence-electron chi connectivity index (χ1n) is 10.1. The first kappa shape index (κ1) is 21.0. The molecule has 0 unspecified atom stereocenters. The predicted molar refractivity (Wildman–Crippen MR) is 112 cm³/mol. The lowest BCUT2D eigenvalue weighted by Crippen LogP contribution is -2.31. The normalized spacial score (nSPS) is 18.2. The molecule has 1 aromatic carbocycles. The monoisotopic (exact) mass is 404 g/mol. The first-order chi connectivity index (χ1) is 13.4. The Kier molecular flexibility index (Phi) is 6.91. The van der Waals surface area contributed by atoms with Crippen LogP contribution in [0.3, 0.4) is 0 Å². The van der Waals surface area contributed by atoms with Gasteiger partial charge in [0.05, 0.1) is 17.6 Å². The van der Waals surface area contributed by atoms with E-state index >= 15 is 0 Å². The standard InChI is InChI=1S/C21H32N4O2S/c1-4-28(26,27)21-22-15-20(17-24-14-12-19(16-24)23(2)3)25(21)13-8-11-18-9-6-5-7-10-18/h5-7,9-10,15,19H,4,8,11-14,16-17H2,1-3H3/t19-/m0/s1. The van der Waals surface area contributed by atoms with Crippen molar-refractivity contribution in [2.45, 2.75) is 50.5 Å². The maximum atomic E-state index is 12.5. The number of hydrogen-bond acceptors (Lipinski definition) is 5. The van der Waals surface area contributed by atoms with Crippen LogP contribution < -0.4 is 0 Å². The molecule has 1 saturated heterocycles. The summed E-state index contributed by atoms with van der Waals surface area (Å²) in [4.78, 5) is 8.99. The summed E-state index contributed by atoms with van der Waals surface area (Å²) in [5.74, 6) is 0.0779. The number of benzene rings is 1. The summed E-state index contributed by atoms with van der Waals surface area (Å²) < 4.78 is 27.0. The van der Waals surface area contributed by atoms with E-state index < -0.39 is 9.84 Å². The molecule has 0 saturated carbocycles. The SMILES string of the molecule is CCS(=O)(=O)c1ncc(CN2CC[C@H](N(C)C)C2)n1CCCc1ccccc1. The average Bonchev–Trinajstić information content (AvgIpc) is 3.31. The summed E-state index contributed by atoms with van der Waals surface area (Å²) in [6.07, 6.45) is 4.72. The van der Waals surface area contributed by atoms with Gasteiger partial charge in [0.25, 0.3) is 0 Å². The van der Waals surface area contributed by atoms with Crippen molar-refractivity contribution in [2.75, 3.05) is 32.9 Å². The van der Waals surface area contributed by atoms with Gasteiger partial charge in [-0.1, -0.05) is 37.3 Å². The fourth-order valence-electron chi connectivity index (χ4n) is 3.83. The van der Waals surface area contributed by atoms with Gasteiger partial charge in [-0.25, -0.2) is 13.4 Å². The van der Waals surface area contributed by atoms with Crippen molar-refractivity contribution < 1.29 is 8.42 Å². The van der Waals surface area contributed by atoms with Gasteiger partial charge in [0.15, 0.2) is 0 Å². The lowest BCUT2D eigenvalue weighted by atomic mass is 10.1. The number of hydrogen-bond donors (Lipinski definition) is 0. The van der Waals surface area contributed by atoms with Crippen LogP contribution >= 0.6 is 0 Å². The zero-order valence-corrected chi connectivity index (χ0v) is 18.0. The van der Waals surface area contributed by atoms with Gasteiger partial charge in [0.2, 0.25) is 15.0 Å². The van der Waals surface area contributed by atoms with Gasteiger partial charge in [0, 0.05) is 32.2 Å². The van der Waals surface area contributed by atoms with Crippen LogP contribution in [-0.2, 0) is 29.3 Å². The van der Waals surface area contributed by atoms with Gasteiger partial charge in [-0.05, 0) is 38.9 Å². The Morgan fingerprint density at radius 2 is 1.96 bits per heavy atom. The second-order valence-electron chi connectivity index (χ2n) is 7.82. The minimum Gasteiger partial charge on any atom is -0.318 e. The minimum atomic E-state index is -3.34. The Hall–Kier alpha value is -1.70. The molecule has 0 aliphatic carbocycles. The van der Waals surface area contributed by atoms with E-state index in [4.69, 9.17) is 0 Å². The number of likely N-dealkylation sites (tertiary alicyclic amines) is 1. The Morgan fingerprint density at radius 1 is 1.21 bits per heavy atom. The maximum absolute atomic E-state index is 12.5. The molecule has 2 heterocycles. The highest BCUT2D eigenvalue weighted by Gasteiger charge is 2.27. The van der Waals surface area contributed by atoms with Crippen molar-refractivity contribution in [3.05, 3.63) is 47.8 Å². The highest BCUT2D eigenvalue weighted by atomic mass is 32.2. The van der Waals surface area contributed by atoms with Crippen molar-refractivity contribution in [1.29, 1.82) is 0 Å². The molecule has 1 aliphatic heterocycles. The third kappa shape index (κ3) is 5.01. The van der Waals surface area contributed by atoms with Crippen LogP contribution in [0.15, 0.2) is 41.7 Å². The number of aryl methyl sites for hydroxylation is 1. The van der Waals surface area contributed by atoms with Gasteiger partial charge in [-0.3, -0.25) is 4.90 Å². The quantitative estimate of drug-likeness (QED) is 0.643. The van der Waals surface area contributed by atoms with Gasteiger partial charge >= 0.3 is 0 Å². The molecular weight excluding hydrogens is 372 g/mol. The predicted octanol–water partition coefficient (Wildman–Crippen LogP) is 2.45. The van der Waals surface area contributed by atoms with Crippen molar-refractivity contribution in [3.8, 4) is 0 Å². The molecular formula is C21H32N4O2S. The van der Waals surface area contributed by atoms with Crippen molar-refractivity contribution in [3.63, 3.8) is 0 Å². The highest BCUT2D eigenvalue weighted by molar-refractivity contribution is 7.91. The molecule has 1 fully saturated rings. The number of aromatic nitrogens is 2. The Bertz CT molecular complexity index is 862. The number of sulfone groups is 1. The molecule has 6 nitrogen and oxygen atoms in total. The van der Waals surface area contributed by atoms with E-state index in [9.17, 15) is 8.42 Å². The number of likely N-dealkylation sites (N-methyl/N-ethyl adjacent to an activating group) is 1. The van der Waals surface area contributed by atoms with Gasteiger partial charge in [0.1, 0.15) is 0 Å². The minimum absolute atomic E-state index is 0.0779. The van der Waals surface area contributed by atoms with E-state index in [2.05, 4.69) is 41.0 Å². The van der Waals surface area contributed by atoms with Crippen LogP contribution in [0.4, 0.5) is 0 Å². The van der Waals surface area contributed by atoms with Gasteiger partial charge in [-0.15, -0.1) is 0 Å². The molecule has 3 rings (SSSR count). The zero-order chi connectivity index (χ0) is 20.1. The molecule has 1 aromatic heterocycles. The van der Waals surface area contributed by atoms with Crippen LogP contribution in [0.1, 0.15) is 31.0 Å². The second-order valence-corrected chi connectivity index (χ2v) is 9.99. The number of nitrogens with zero attached hydrogens (tertiary/aromatic N) is 4. The molecule has 154 valence electrons. The van der Waals surface area contributed by atoms with E-state index in [0.29, 0.717) is 12.6 Å². The molecule has 28 heavy (non-hydrogen) atoms. The van der Waals surface area contributed by atoms with E-state index in [0.717, 1.165) is 44.6 Å². The third-order valence-electron chi connectivity index (χ3n) is 5.61. The Morgan fingerprint density at radius 3 is 2.61 bits per heavy atom. The van der Waals surface area contributed by atoms with E-state index in [1.165, 1.54) is 5.56 Å². The topological polar surface area (TPSA) is 58.4 Å². The lowest BCUT2D eigenvalue weighted by Gasteiger charge is -2.21. The molecule has 0 spiro atoms. The largest absolute Gasteiger partial charge is 0.318 e. The third-order valence-corrected chi connectivity index (χ3v) is 7.26. The molecule has 0 bridgehead atoms. The zero-order valence-electron chi connectivity index (χ0n) is 17.2. The molecule has 0 amide bonds. The van der Waals surface area contributed by atoms with Crippen molar-refractivity contribution in [1.82, 2.24) is 19.4 Å². The van der Waals surface area contributed by atoms with Crippen LogP contribution in [0.25, 0.3) is 0 Å². The van der Waals surface area contributed by atoms with Crippen LogP contribution in [0.2, 0.25) is 0 Å². The molecule has 1 atom stereocenters. The van der Waals surface area contributed by atoms with Crippen molar-refractivity contribution in [2.24, 2.45) is 0 Å². The fraction of sp³-hybridized carbons (Fsp3) is 0.571. The summed E-state index contributed by atoms with van der Waals surface area (Å²) in [6, 6.07) is 10.9. The molecule has 1 aliphatic rings. The summed E-state index contributed by atoms with van der Waals surface area (Å²) in [5.41, 5.74) is 2.27. The fourth-order valence-corrected chi connectivity index (χ4v) is 4.84. The molecule has 0 radical (unpaired) electrons. The summed E-state index contributed by atoms with van der Waals surface area (Å²) >= 11 is 0. The first-order valence-corrected chi connectivity index (χ1v) is 11.8. The number of rotatable bonds is 9. The maximum Gasteiger partial charge on any atom is 0.227 e. The number of imidazole rings is 1. The highest BCUT2D eigenvalue weighted by Crippen LogP contribution is 2.20. The average molecular weight is 405 g/mol. The Balaban J connectivity index is 1.74. The van der Waals surface area contributed by atoms with Crippen LogP contribution in [0.5, 0.6) is 0 Å². The van der Waals surface area contributed by atoms with E-state index in [1.807, 2.05) is 22.8 Å². The molecule has 7 heteroatoms. The summed E-state index contributed by atoms with van der Waals surface area (Å²) in [5, 5.41) is 0.224. The lowest BCUT2D eigenvalue weighted by molar-refractivity contribution is 0.260. The summed E-state index contributed by atoms with van der Waals surface area (Å²) in [6.45, 7) is 5.15. The van der Waals surface area contributed by atoms with Crippen LogP contribution in [0, 0.1) is 0 Å². The van der Waals surface area contributed by atoms with Crippen LogP contribution in [-0.4, -0.2) is 66.7 Å². The smallest absolute Gasteiger partial charge is 0.227 e. The Labute approximate surface area is 169 Å². The van der Waals surface area contributed by atoms with E-state index in [-0.39, 0.29) is 10.9 Å². The van der Waals surface area contributed by atoms with Gasteiger partial charge in [-0.2, -0.15) is 0 Å². The van der Waals surface area contributed by atoms with E-state index in [1.54, 1.807) is 13.1 Å². The summed E-state index contributed by atoms with van der Waals surface area (Å²) in [7, 11) is 0.902. The molecule has 2 aromatic rings. The second kappa shape index (κ2) is 9.20.